The van der Waals surface area contributed by atoms with Crippen molar-refractivity contribution in [2.75, 3.05) is 6.54 Å². The van der Waals surface area contributed by atoms with Gasteiger partial charge in [0.15, 0.2) is 0 Å². The van der Waals surface area contributed by atoms with E-state index < -0.39 is 11.0 Å². The smallest absolute Gasteiger partial charge is 0.315 e. The molecule has 6 nitrogen and oxygen atoms in total. The quantitative estimate of drug-likeness (QED) is 0.609. The van der Waals surface area contributed by atoms with E-state index in [1.807, 2.05) is 0 Å². The van der Waals surface area contributed by atoms with Gasteiger partial charge in [-0.2, -0.15) is 0 Å². The van der Waals surface area contributed by atoms with Crippen molar-refractivity contribution in [1.82, 2.24) is 10.6 Å². The molecular formula is C9H8ClN3O3. The number of benzene rings is 1. The molecule has 0 unspecified atom stereocenters. The molecule has 1 aliphatic heterocycles. The molecule has 0 saturated carbocycles. The Morgan fingerprint density at radius 2 is 2.25 bits per heavy atom. The highest BCUT2D eigenvalue weighted by Crippen LogP contribution is 2.29. The molecule has 1 atom stereocenters. The average molecular weight is 242 g/mol. The first-order valence-corrected chi connectivity index (χ1v) is 4.94. The minimum Gasteiger partial charge on any atom is -0.336 e. The predicted octanol–water partition coefficient (Wildman–Crippen LogP) is 1.60. The minimum absolute atomic E-state index is 0.0431. The number of nitro benzene ring substituents is 1. The van der Waals surface area contributed by atoms with Crippen LogP contribution in [0.5, 0.6) is 0 Å². The maximum atomic E-state index is 11.0. The van der Waals surface area contributed by atoms with Gasteiger partial charge in [0.05, 0.1) is 16.5 Å². The first-order chi connectivity index (χ1) is 7.58. The highest BCUT2D eigenvalue weighted by molar-refractivity contribution is 6.30. The molecule has 2 rings (SSSR count). The van der Waals surface area contributed by atoms with Crippen molar-refractivity contribution >= 4 is 23.3 Å². The van der Waals surface area contributed by atoms with E-state index in [0.29, 0.717) is 17.1 Å². The summed E-state index contributed by atoms with van der Waals surface area (Å²) in [5, 5.41) is 16.3. The van der Waals surface area contributed by atoms with Crippen molar-refractivity contribution in [3.8, 4) is 0 Å². The van der Waals surface area contributed by atoms with Gasteiger partial charge in [-0.3, -0.25) is 10.1 Å². The van der Waals surface area contributed by atoms with E-state index in [1.165, 1.54) is 18.2 Å². The first kappa shape index (κ1) is 10.7. The van der Waals surface area contributed by atoms with Gasteiger partial charge in [-0.15, -0.1) is 0 Å². The normalized spacial score (nSPS) is 19.1. The Kier molecular flexibility index (Phi) is 2.66. The van der Waals surface area contributed by atoms with Crippen LogP contribution in [0.2, 0.25) is 5.02 Å². The number of hydrogen-bond acceptors (Lipinski definition) is 3. The molecule has 2 amide bonds. The fourth-order valence-electron chi connectivity index (χ4n) is 1.61. The number of nitrogens with one attached hydrogen (secondary N) is 2. The molecule has 0 aromatic heterocycles. The number of hydrogen-bond donors (Lipinski definition) is 2. The number of rotatable bonds is 2. The molecule has 0 radical (unpaired) electrons. The van der Waals surface area contributed by atoms with Crippen molar-refractivity contribution in [3.63, 3.8) is 0 Å². The summed E-state index contributed by atoms with van der Waals surface area (Å²) in [4.78, 5) is 21.3. The molecule has 1 saturated heterocycles. The van der Waals surface area contributed by atoms with E-state index in [1.54, 1.807) is 0 Å². The number of urea groups is 1. The highest BCUT2D eigenvalue weighted by Gasteiger charge is 2.28. The first-order valence-electron chi connectivity index (χ1n) is 4.56. The van der Waals surface area contributed by atoms with Crippen LogP contribution in [0, 0.1) is 10.1 Å². The Hall–Kier alpha value is -1.82. The predicted molar refractivity (Wildman–Crippen MR) is 57.4 cm³/mol. The Morgan fingerprint density at radius 3 is 2.81 bits per heavy atom. The molecule has 0 spiro atoms. The van der Waals surface area contributed by atoms with Crippen LogP contribution in [-0.4, -0.2) is 17.5 Å². The Balaban J connectivity index is 2.41. The zero-order chi connectivity index (χ0) is 11.7. The molecule has 1 fully saturated rings. The van der Waals surface area contributed by atoms with Crippen LogP contribution >= 0.6 is 11.6 Å². The van der Waals surface area contributed by atoms with Crippen LogP contribution in [0.25, 0.3) is 0 Å². The van der Waals surface area contributed by atoms with Gasteiger partial charge < -0.3 is 10.6 Å². The van der Waals surface area contributed by atoms with E-state index in [-0.39, 0.29) is 11.7 Å². The van der Waals surface area contributed by atoms with Crippen LogP contribution < -0.4 is 10.6 Å². The summed E-state index contributed by atoms with van der Waals surface area (Å²) in [6, 6.07) is 3.54. The lowest BCUT2D eigenvalue weighted by Crippen LogP contribution is -2.22. The fourth-order valence-corrected chi connectivity index (χ4v) is 1.79. The Bertz CT molecular complexity index is 463. The molecule has 1 aliphatic rings. The van der Waals surface area contributed by atoms with Gasteiger partial charge in [-0.05, 0) is 12.1 Å². The summed E-state index contributed by atoms with van der Waals surface area (Å²) in [7, 11) is 0. The van der Waals surface area contributed by atoms with Crippen LogP contribution in [-0.2, 0) is 0 Å². The number of nitrogens with zero attached hydrogens (tertiary/aromatic N) is 1. The van der Waals surface area contributed by atoms with Gasteiger partial charge in [-0.25, -0.2) is 4.79 Å². The molecule has 1 aromatic rings. The second kappa shape index (κ2) is 3.97. The van der Waals surface area contributed by atoms with Gasteiger partial charge in [0.2, 0.25) is 0 Å². The van der Waals surface area contributed by atoms with Gasteiger partial charge in [-0.1, -0.05) is 11.6 Å². The van der Waals surface area contributed by atoms with Gasteiger partial charge in [0.25, 0.3) is 5.69 Å². The zero-order valence-corrected chi connectivity index (χ0v) is 8.82. The van der Waals surface area contributed by atoms with Gasteiger partial charge in [0.1, 0.15) is 0 Å². The number of halogens is 1. The molecule has 16 heavy (non-hydrogen) atoms. The van der Waals surface area contributed by atoms with Crippen molar-refractivity contribution in [2.45, 2.75) is 6.04 Å². The van der Waals surface area contributed by atoms with Crippen molar-refractivity contribution in [1.29, 1.82) is 0 Å². The van der Waals surface area contributed by atoms with E-state index in [4.69, 9.17) is 11.6 Å². The average Bonchev–Trinajstić information content (AvgIpc) is 2.64. The molecule has 0 bridgehead atoms. The summed E-state index contributed by atoms with van der Waals surface area (Å²) in [5.41, 5.74) is 0.370. The second-order valence-electron chi connectivity index (χ2n) is 3.37. The lowest BCUT2D eigenvalue weighted by atomic mass is 10.1. The third kappa shape index (κ3) is 1.92. The molecule has 2 N–H and O–H groups in total. The zero-order valence-electron chi connectivity index (χ0n) is 8.07. The summed E-state index contributed by atoms with van der Waals surface area (Å²) in [6.07, 6.45) is 0. The van der Waals surface area contributed by atoms with Gasteiger partial charge >= 0.3 is 6.03 Å². The lowest BCUT2D eigenvalue weighted by Gasteiger charge is -2.09. The van der Waals surface area contributed by atoms with Crippen LogP contribution in [0.15, 0.2) is 18.2 Å². The summed E-state index contributed by atoms with van der Waals surface area (Å²) < 4.78 is 0. The second-order valence-corrected chi connectivity index (χ2v) is 3.80. The van der Waals surface area contributed by atoms with Crippen LogP contribution in [0.3, 0.4) is 0 Å². The largest absolute Gasteiger partial charge is 0.336 e. The molecule has 1 heterocycles. The molecule has 84 valence electrons. The Labute approximate surface area is 95.7 Å². The maximum Gasteiger partial charge on any atom is 0.315 e. The molecular weight excluding hydrogens is 234 g/mol. The van der Waals surface area contributed by atoms with Crippen LogP contribution in [0.1, 0.15) is 11.6 Å². The summed E-state index contributed by atoms with van der Waals surface area (Å²) >= 11 is 5.78. The minimum atomic E-state index is -0.490. The third-order valence-electron chi connectivity index (χ3n) is 2.33. The van der Waals surface area contributed by atoms with E-state index in [9.17, 15) is 14.9 Å². The topological polar surface area (TPSA) is 84.3 Å². The lowest BCUT2D eigenvalue weighted by molar-refractivity contribution is -0.385. The summed E-state index contributed by atoms with van der Waals surface area (Å²) in [5.74, 6) is 0. The number of carbonyl (C=O) groups is 1. The van der Waals surface area contributed by atoms with E-state index >= 15 is 0 Å². The van der Waals surface area contributed by atoms with Crippen molar-refractivity contribution < 1.29 is 9.72 Å². The highest BCUT2D eigenvalue weighted by atomic mass is 35.5. The third-order valence-corrected chi connectivity index (χ3v) is 2.57. The van der Waals surface area contributed by atoms with E-state index in [2.05, 4.69) is 10.6 Å². The fraction of sp³-hybridized carbons (Fsp3) is 0.222. The number of nitro groups is 1. The van der Waals surface area contributed by atoms with Gasteiger partial charge in [0, 0.05) is 17.6 Å². The molecule has 7 heteroatoms. The SMILES string of the molecule is O=C1NC[C@@H](c2cc(Cl)ccc2[N+](=O)[O-])N1. The molecule has 0 aliphatic carbocycles. The van der Waals surface area contributed by atoms with Crippen molar-refractivity contribution in [3.05, 3.63) is 38.9 Å². The summed E-state index contributed by atoms with van der Waals surface area (Å²) in [6.45, 7) is 0.319. The molecule has 1 aromatic carbocycles. The van der Waals surface area contributed by atoms with Crippen molar-refractivity contribution in [2.24, 2.45) is 0 Å². The maximum absolute atomic E-state index is 11.0. The standard InChI is InChI=1S/C9H8ClN3O3/c10-5-1-2-8(13(15)16)6(3-5)7-4-11-9(14)12-7/h1-3,7H,4H2,(H2,11,12,14)/t7-/m0/s1. The number of amides is 2. The Morgan fingerprint density at radius 1 is 1.50 bits per heavy atom. The van der Waals surface area contributed by atoms with Crippen LogP contribution in [0.4, 0.5) is 10.5 Å². The van der Waals surface area contributed by atoms with E-state index in [0.717, 1.165) is 0 Å². The monoisotopic (exact) mass is 241 g/mol. The number of carbonyl (C=O) groups excluding carboxylic acids is 1.